The van der Waals surface area contributed by atoms with Gasteiger partial charge >= 0.3 is 0 Å². The summed E-state index contributed by atoms with van der Waals surface area (Å²) < 4.78 is 5.22. The molecule has 9 heteroatoms. The highest BCUT2D eigenvalue weighted by Crippen LogP contribution is 2.12. The van der Waals surface area contributed by atoms with E-state index in [1.807, 2.05) is 66.1 Å². The summed E-state index contributed by atoms with van der Waals surface area (Å²) in [6, 6.07) is 15.5. The van der Waals surface area contributed by atoms with E-state index in [0.29, 0.717) is 22.9 Å². The molecule has 0 saturated carbocycles. The predicted octanol–water partition coefficient (Wildman–Crippen LogP) is 7.81. The van der Waals surface area contributed by atoms with Gasteiger partial charge in [-0.1, -0.05) is 75.2 Å². The lowest BCUT2D eigenvalue weighted by atomic mass is 10.1. The minimum Gasteiger partial charge on any atom is -0.380 e. The van der Waals surface area contributed by atoms with Crippen molar-refractivity contribution in [2.45, 2.75) is 79.7 Å². The van der Waals surface area contributed by atoms with Crippen LogP contribution in [0.5, 0.6) is 0 Å². The van der Waals surface area contributed by atoms with Gasteiger partial charge in [0, 0.05) is 48.6 Å². The Hall–Kier alpha value is -1.84. The fourth-order valence-corrected chi connectivity index (χ4v) is 4.41. The number of piperidine rings is 1. The smallest absolute Gasteiger partial charge is 0.134 e. The molecular formula is C38H68Cl2N4O3. The fraction of sp³-hybridized carbons (Fsp3) is 0.632. The maximum absolute atomic E-state index is 10.7. The molecule has 0 aromatic heterocycles. The summed E-state index contributed by atoms with van der Waals surface area (Å²) in [5, 5.41) is 4.16. The summed E-state index contributed by atoms with van der Waals surface area (Å²) in [6.45, 7) is 17.8. The molecule has 2 heterocycles. The molecule has 0 aliphatic carbocycles. The largest absolute Gasteiger partial charge is 0.380 e. The quantitative estimate of drug-likeness (QED) is 0.342. The van der Waals surface area contributed by atoms with E-state index in [0.717, 1.165) is 36.9 Å². The summed E-state index contributed by atoms with van der Waals surface area (Å²) in [4.78, 5) is 28.4. The molecule has 7 nitrogen and oxygen atoms in total. The number of benzene rings is 2. The van der Waals surface area contributed by atoms with Crippen LogP contribution in [0, 0.1) is 0 Å². The second kappa shape index (κ2) is 34.0. The predicted molar refractivity (Wildman–Crippen MR) is 206 cm³/mol. The van der Waals surface area contributed by atoms with Crippen LogP contribution >= 0.6 is 23.2 Å². The first kappa shape index (κ1) is 49.5. The maximum atomic E-state index is 10.7. The van der Waals surface area contributed by atoms with Gasteiger partial charge in [-0.25, -0.2) is 0 Å². The number of nitrogens with one attached hydrogen (secondary N) is 1. The Morgan fingerprint density at radius 3 is 1.43 bits per heavy atom. The van der Waals surface area contributed by atoms with Gasteiger partial charge in [0.2, 0.25) is 0 Å². The topological polar surface area (TPSA) is 65.1 Å². The molecule has 272 valence electrons. The third kappa shape index (κ3) is 32.5. The SMILES string of the molecule is CC.CC.CC(=O)Cc1ccc(Cl)cc1.CC(=O)Cc1ccc(Cl)cc1.CN1CCC(N(C)C)CC1.CN1CCCOCC1.CNC. The standard InChI is InChI=1S/2C9H9ClO.C8H18N2.C6H13NO.C2H7N.2C2H6/c2*1-7(11)6-8-2-4-9(10)5-3-8;1-9(2)8-4-6-10(3)7-5-8;1-7-3-2-5-8-6-4-7;1-3-2;2*1-2/h2*2-5H,6H2,1H3;8H,4-7H2,1-3H3;2-6H2,1H3;3H,1-2H3;2*1-2H3. The lowest BCUT2D eigenvalue weighted by Crippen LogP contribution is -2.40. The van der Waals surface area contributed by atoms with Gasteiger partial charge in [-0.05, 0) is 124 Å². The first-order valence-electron chi connectivity index (χ1n) is 17.0. The molecule has 0 radical (unpaired) electrons. The minimum absolute atomic E-state index is 0.173. The van der Waals surface area contributed by atoms with Crippen LogP contribution in [0.3, 0.4) is 0 Å². The van der Waals surface area contributed by atoms with Gasteiger partial charge in [0.05, 0.1) is 6.61 Å². The zero-order chi connectivity index (χ0) is 36.6. The molecule has 2 saturated heterocycles. The Morgan fingerprint density at radius 2 is 1.09 bits per heavy atom. The van der Waals surface area contributed by atoms with E-state index in [-0.39, 0.29) is 11.6 Å². The molecule has 1 N–H and O–H groups in total. The molecule has 2 fully saturated rings. The van der Waals surface area contributed by atoms with Crippen LogP contribution in [-0.2, 0) is 27.2 Å². The molecule has 0 unspecified atom stereocenters. The number of ketones is 2. The molecule has 2 aromatic carbocycles. The molecule has 0 spiro atoms. The molecule has 2 aliphatic heterocycles. The van der Waals surface area contributed by atoms with Crippen molar-refractivity contribution in [3.63, 3.8) is 0 Å². The summed E-state index contributed by atoms with van der Waals surface area (Å²) in [6.07, 6.45) is 4.86. The van der Waals surface area contributed by atoms with E-state index in [9.17, 15) is 9.59 Å². The van der Waals surface area contributed by atoms with Crippen LogP contribution in [0.2, 0.25) is 10.0 Å². The lowest BCUT2D eigenvalue weighted by Gasteiger charge is -2.32. The van der Waals surface area contributed by atoms with Crippen LogP contribution in [0.1, 0.15) is 71.9 Å². The van der Waals surface area contributed by atoms with Crippen molar-refractivity contribution in [2.24, 2.45) is 0 Å². The average Bonchev–Trinajstić information content (AvgIpc) is 3.30. The Bertz CT molecular complexity index is 916. The van der Waals surface area contributed by atoms with E-state index >= 15 is 0 Å². The Kier molecular flexibility index (Phi) is 35.9. The number of likely N-dealkylation sites (tertiary alicyclic amines) is 1. The number of rotatable bonds is 5. The second-order valence-corrected chi connectivity index (χ2v) is 12.2. The Morgan fingerprint density at radius 1 is 0.723 bits per heavy atom. The number of Topliss-reactive ketones (excluding diaryl/α,β-unsaturated/α-hetero) is 2. The van der Waals surface area contributed by atoms with Gasteiger partial charge in [-0.2, -0.15) is 0 Å². The van der Waals surface area contributed by atoms with E-state index in [4.69, 9.17) is 27.9 Å². The number of likely N-dealkylation sites (N-methyl/N-ethyl adjacent to an activating group) is 1. The number of carbonyl (C=O) groups is 2. The van der Waals surface area contributed by atoms with Gasteiger partial charge in [-0.3, -0.25) is 9.59 Å². The van der Waals surface area contributed by atoms with Crippen molar-refractivity contribution in [1.82, 2.24) is 20.0 Å². The summed E-state index contributed by atoms with van der Waals surface area (Å²) in [5.41, 5.74) is 2.03. The van der Waals surface area contributed by atoms with Crippen molar-refractivity contribution in [3.8, 4) is 0 Å². The number of carbonyl (C=O) groups excluding carboxylic acids is 2. The minimum atomic E-state index is 0.173. The first-order chi connectivity index (χ1) is 22.4. The highest BCUT2D eigenvalue weighted by molar-refractivity contribution is 6.30. The van der Waals surface area contributed by atoms with Gasteiger partial charge in [0.1, 0.15) is 11.6 Å². The molecule has 4 rings (SSSR count). The van der Waals surface area contributed by atoms with Gasteiger partial charge in [0.15, 0.2) is 0 Å². The molecule has 2 aliphatic rings. The highest BCUT2D eigenvalue weighted by atomic mass is 35.5. The van der Waals surface area contributed by atoms with Crippen LogP contribution in [0.25, 0.3) is 0 Å². The van der Waals surface area contributed by atoms with Crippen LogP contribution < -0.4 is 5.32 Å². The van der Waals surface area contributed by atoms with Gasteiger partial charge in [0.25, 0.3) is 0 Å². The molecule has 0 atom stereocenters. The van der Waals surface area contributed by atoms with Crippen LogP contribution in [0.15, 0.2) is 48.5 Å². The Balaban J connectivity index is -0.000000518. The zero-order valence-corrected chi connectivity index (χ0v) is 33.3. The summed E-state index contributed by atoms with van der Waals surface area (Å²) in [7, 11) is 12.4. The number of nitrogens with zero attached hydrogens (tertiary/aromatic N) is 3. The number of ether oxygens (including phenoxy) is 1. The van der Waals surface area contributed by atoms with Crippen molar-refractivity contribution >= 4 is 34.8 Å². The summed E-state index contributed by atoms with van der Waals surface area (Å²) >= 11 is 11.3. The van der Waals surface area contributed by atoms with Crippen molar-refractivity contribution in [2.75, 3.05) is 81.7 Å². The maximum Gasteiger partial charge on any atom is 0.134 e. The van der Waals surface area contributed by atoms with E-state index < -0.39 is 0 Å². The average molecular weight is 700 g/mol. The first-order valence-corrected chi connectivity index (χ1v) is 17.8. The van der Waals surface area contributed by atoms with Crippen molar-refractivity contribution in [3.05, 3.63) is 69.7 Å². The van der Waals surface area contributed by atoms with Crippen molar-refractivity contribution < 1.29 is 14.3 Å². The van der Waals surface area contributed by atoms with E-state index in [1.54, 1.807) is 38.1 Å². The normalized spacial score (nSPS) is 14.5. The lowest BCUT2D eigenvalue weighted by molar-refractivity contribution is -0.117. The number of halogens is 2. The van der Waals surface area contributed by atoms with E-state index in [1.165, 1.54) is 38.9 Å². The third-order valence-electron chi connectivity index (χ3n) is 6.60. The third-order valence-corrected chi connectivity index (χ3v) is 7.10. The zero-order valence-electron chi connectivity index (χ0n) is 31.8. The monoisotopic (exact) mass is 698 g/mol. The number of hydrogen-bond acceptors (Lipinski definition) is 7. The van der Waals surface area contributed by atoms with Gasteiger partial charge < -0.3 is 24.8 Å². The van der Waals surface area contributed by atoms with Crippen molar-refractivity contribution in [1.29, 1.82) is 0 Å². The molecule has 0 bridgehead atoms. The van der Waals surface area contributed by atoms with Gasteiger partial charge in [-0.15, -0.1) is 0 Å². The van der Waals surface area contributed by atoms with Crippen LogP contribution in [0.4, 0.5) is 0 Å². The van der Waals surface area contributed by atoms with Crippen LogP contribution in [-0.4, -0.2) is 114 Å². The fourth-order valence-electron chi connectivity index (χ4n) is 4.16. The molecule has 47 heavy (non-hydrogen) atoms. The second-order valence-electron chi connectivity index (χ2n) is 11.3. The molecular weight excluding hydrogens is 631 g/mol. The van der Waals surface area contributed by atoms with E-state index in [2.05, 4.69) is 48.2 Å². The Labute approximate surface area is 299 Å². The highest BCUT2D eigenvalue weighted by Gasteiger charge is 2.17. The number of hydrogen-bond donors (Lipinski definition) is 1. The molecule has 2 aromatic rings. The summed E-state index contributed by atoms with van der Waals surface area (Å²) in [5.74, 6) is 0.347. The molecule has 0 amide bonds.